The molecule has 0 radical (unpaired) electrons. The summed E-state index contributed by atoms with van der Waals surface area (Å²) >= 11 is 0. The summed E-state index contributed by atoms with van der Waals surface area (Å²) in [5.41, 5.74) is 2.69. The molecule has 3 nitrogen and oxygen atoms in total. The van der Waals surface area contributed by atoms with Gasteiger partial charge in [0.2, 0.25) is 5.91 Å². The minimum Gasteiger partial charge on any atom is -0.354 e. The Kier molecular flexibility index (Phi) is 5.33. The molecule has 2 aliphatic rings. The molecule has 1 aliphatic heterocycles. The number of likely N-dealkylation sites (tertiary alicyclic amines) is 1. The molecular formula is C22H32N2O. The maximum absolute atomic E-state index is 12.8. The van der Waals surface area contributed by atoms with Crippen molar-refractivity contribution in [1.29, 1.82) is 0 Å². The zero-order valence-corrected chi connectivity index (χ0v) is 16.1. The molecule has 3 rings (SSSR count). The molecule has 1 saturated carbocycles. The van der Waals surface area contributed by atoms with Crippen LogP contribution in [-0.2, 0) is 4.79 Å². The second-order valence-electron chi connectivity index (χ2n) is 8.48. The van der Waals surface area contributed by atoms with Gasteiger partial charge in [0.25, 0.3) is 0 Å². The van der Waals surface area contributed by atoms with Crippen molar-refractivity contribution in [3.05, 3.63) is 47.5 Å². The molecule has 0 spiro atoms. The summed E-state index contributed by atoms with van der Waals surface area (Å²) in [5.74, 6) is 0.699. The van der Waals surface area contributed by atoms with Crippen LogP contribution in [0.3, 0.4) is 0 Å². The number of hydrogen-bond acceptors (Lipinski definition) is 2. The number of nitrogens with one attached hydrogen (secondary N) is 1. The Morgan fingerprint density at radius 3 is 2.48 bits per heavy atom. The molecule has 0 bridgehead atoms. The maximum atomic E-state index is 12.8. The lowest BCUT2D eigenvalue weighted by Gasteiger charge is -2.28. The first-order valence-corrected chi connectivity index (χ1v) is 9.63. The van der Waals surface area contributed by atoms with E-state index in [4.69, 9.17) is 0 Å². The molecular weight excluding hydrogens is 308 g/mol. The van der Waals surface area contributed by atoms with Gasteiger partial charge in [-0.3, -0.25) is 9.69 Å². The van der Waals surface area contributed by atoms with Gasteiger partial charge in [-0.15, -0.1) is 0 Å². The third kappa shape index (κ3) is 3.98. The Morgan fingerprint density at radius 2 is 1.88 bits per heavy atom. The fraction of sp³-hybridized carbons (Fsp3) is 0.591. The second kappa shape index (κ2) is 7.33. The lowest BCUT2D eigenvalue weighted by Crippen LogP contribution is -2.38. The van der Waals surface area contributed by atoms with E-state index in [0.29, 0.717) is 12.5 Å². The Bertz CT molecular complexity index is 625. The zero-order chi connectivity index (χ0) is 18.0. The van der Waals surface area contributed by atoms with Gasteiger partial charge in [0.05, 0.1) is 12.0 Å². The van der Waals surface area contributed by atoms with Crippen LogP contribution in [0, 0.1) is 17.3 Å². The predicted molar refractivity (Wildman–Crippen MR) is 103 cm³/mol. The van der Waals surface area contributed by atoms with Gasteiger partial charge < -0.3 is 5.32 Å². The molecule has 3 heteroatoms. The SMILES string of the molecule is CC(C)=CC1C(C(=O)NCC(c2ccccc2)N2CCCC2)C1(C)C. The van der Waals surface area contributed by atoms with Crippen LogP contribution in [0.15, 0.2) is 42.0 Å². The summed E-state index contributed by atoms with van der Waals surface area (Å²) in [4.78, 5) is 15.3. The topological polar surface area (TPSA) is 32.3 Å². The number of nitrogens with zero attached hydrogens (tertiary/aromatic N) is 1. The highest BCUT2D eigenvalue weighted by molar-refractivity contribution is 5.83. The van der Waals surface area contributed by atoms with Crippen molar-refractivity contribution >= 4 is 5.91 Å². The van der Waals surface area contributed by atoms with E-state index >= 15 is 0 Å². The van der Waals surface area contributed by atoms with Crippen LogP contribution in [-0.4, -0.2) is 30.4 Å². The van der Waals surface area contributed by atoms with E-state index in [0.717, 1.165) is 13.1 Å². The monoisotopic (exact) mass is 340 g/mol. The van der Waals surface area contributed by atoms with Gasteiger partial charge in [-0.05, 0) is 56.7 Å². The van der Waals surface area contributed by atoms with E-state index in [2.05, 4.69) is 74.3 Å². The number of hydrogen-bond donors (Lipinski definition) is 1. The molecule has 3 unspecified atom stereocenters. The molecule has 1 heterocycles. The fourth-order valence-corrected chi connectivity index (χ4v) is 4.34. The van der Waals surface area contributed by atoms with Gasteiger partial charge >= 0.3 is 0 Å². The number of amides is 1. The Morgan fingerprint density at radius 1 is 1.24 bits per heavy atom. The highest BCUT2D eigenvalue weighted by Gasteiger charge is 2.60. The van der Waals surface area contributed by atoms with Crippen molar-refractivity contribution in [3.63, 3.8) is 0 Å². The molecule has 25 heavy (non-hydrogen) atoms. The number of carbonyl (C=O) groups is 1. The molecule has 1 saturated heterocycles. The summed E-state index contributed by atoms with van der Waals surface area (Å²) in [6.45, 7) is 11.6. The van der Waals surface area contributed by atoms with Gasteiger partial charge in [-0.25, -0.2) is 0 Å². The molecule has 0 aromatic heterocycles. The Hall–Kier alpha value is -1.61. The first-order chi connectivity index (χ1) is 11.9. The summed E-state index contributed by atoms with van der Waals surface area (Å²) in [5, 5.41) is 3.27. The van der Waals surface area contributed by atoms with Crippen LogP contribution in [0.4, 0.5) is 0 Å². The van der Waals surface area contributed by atoms with Crippen LogP contribution < -0.4 is 5.32 Å². The van der Waals surface area contributed by atoms with Crippen molar-refractivity contribution < 1.29 is 4.79 Å². The van der Waals surface area contributed by atoms with E-state index in [1.54, 1.807) is 0 Å². The van der Waals surface area contributed by atoms with Crippen molar-refractivity contribution in [2.24, 2.45) is 17.3 Å². The van der Waals surface area contributed by atoms with Gasteiger partial charge in [0, 0.05) is 6.54 Å². The smallest absolute Gasteiger partial charge is 0.224 e. The molecule has 1 N–H and O–H groups in total. The average molecular weight is 341 g/mol. The van der Waals surface area contributed by atoms with E-state index < -0.39 is 0 Å². The Labute approximate surface area is 152 Å². The van der Waals surface area contributed by atoms with Crippen LogP contribution in [0.5, 0.6) is 0 Å². The third-order valence-electron chi connectivity index (χ3n) is 5.94. The first-order valence-electron chi connectivity index (χ1n) is 9.63. The van der Waals surface area contributed by atoms with Crippen LogP contribution in [0.25, 0.3) is 0 Å². The predicted octanol–water partition coefficient (Wildman–Crippen LogP) is 4.18. The molecule has 1 aliphatic carbocycles. The number of benzene rings is 1. The number of carbonyl (C=O) groups excluding carboxylic acids is 1. The molecule has 2 fully saturated rings. The normalized spacial score (nSPS) is 26.1. The molecule has 1 aromatic rings. The Balaban J connectivity index is 1.65. The van der Waals surface area contributed by atoms with Crippen LogP contribution >= 0.6 is 0 Å². The minimum absolute atomic E-state index is 0.0806. The van der Waals surface area contributed by atoms with E-state index in [1.165, 1.54) is 24.0 Å². The highest BCUT2D eigenvalue weighted by atomic mass is 16.2. The van der Waals surface area contributed by atoms with Crippen LogP contribution in [0.1, 0.15) is 52.1 Å². The lowest BCUT2D eigenvalue weighted by molar-refractivity contribution is -0.123. The third-order valence-corrected chi connectivity index (χ3v) is 5.94. The molecule has 136 valence electrons. The van der Waals surface area contributed by atoms with Crippen LogP contribution in [0.2, 0.25) is 0 Å². The average Bonchev–Trinajstić information content (AvgIpc) is 2.94. The van der Waals surface area contributed by atoms with E-state index in [-0.39, 0.29) is 23.3 Å². The summed E-state index contributed by atoms with van der Waals surface area (Å²) < 4.78 is 0. The largest absolute Gasteiger partial charge is 0.354 e. The van der Waals surface area contributed by atoms with Gasteiger partial charge in [0.1, 0.15) is 0 Å². The zero-order valence-electron chi connectivity index (χ0n) is 16.1. The van der Waals surface area contributed by atoms with Gasteiger partial charge in [-0.2, -0.15) is 0 Å². The molecule has 3 atom stereocenters. The highest BCUT2D eigenvalue weighted by Crippen LogP contribution is 2.59. The van der Waals surface area contributed by atoms with Crippen molar-refractivity contribution in [2.75, 3.05) is 19.6 Å². The van der Waals surface area contributed by atoms with Crippen molar-refractivity contribution in [3.8, 4) is 0 Å². The van der Waals surface area contributed by atoms with E-state index in [9.17, 15) is 4.79 Å². The fourth-order valence-electron chi connectivity index (χ4n) is 4.34. The number of rotatable bonds is 6. The summed E-state index contributed by atoms with van der Waals surface area (Å²) in [7, 11) is 0. The second-order valence-corrected chi connectivity index (χ2v) is 8.48. The lowest BCUT2D eigenvalue weighted by atomic mass is 10.0. The summed E-state index contributed by atoms with van der Waals surface area (Å²) in [6.07, 6.45) is 4.78. The number of allylic oxidation sites excluding steroid dienone is 2. The van der Waals surface area contributed by atoms with Crippen molar-refractivity contribution in [2.45, 2.75) is 46.6 Å². The standard InChI is InChI=1S/C22H32N2O/c1-16(2)14-18-20(22(18,3)4)21(25)23-15-19(24-12-8-9-13-24)17-10-6-5-7-11-17/h5-7,10-11,14,18-20H,8-9,12-13,15H2,1-4H3,(H,23,25). The van der Waals surface area contributed by atoms with E-state index in [1.807, 2.05) is 0 Å². The quantitative estimate of drug-likeness (QED) is 0.788. The first kappa shape index (κ1) is 18.2. The molecule has 1 amide bonds. The molecule has 1 aromatic carbocycles. The minimum atomic E-state index is 0.0806. The van der Waals surface area contributed by atoms with Gasteiger partial charge in [0.15, 0.2) is 0 Å². The maximum Gasteiger partial charge on any atom is 0.224 e. The van der Waals surface area contributed by atoms with Crippen molar-refractivity contribution in [1.82, 2.24) is 10.2 Å². The van der Waals surface area contributed by atoms with Gasteiger partial charge in [-0.1, -0.05) is 55.8 Å². The summed E-state index contributed by atoms with van der Waals surface area (Å²) in [6, 6.07) is 10.9.